The van der Waals surface area contributed by atoms with Gasteiger partial charge in [-0.05, 0) is 56.4 Å². The number of carbonyl (C=O) groups is 2. The number of H-pyrrole nitrogens is 1. The molecular formula is C20H27N3O3. The SMILES string of the molecule is CCc1ccc(NC(=O)[C@H](C)OC(=O)C[C@H](C)c2c(C)n[nH]c2C)cc1. The number of benzene rings is 1. The van der Waals surface area contributed by atoms with Crippen LogP contribution >= 0.6 is 0 Å². The Morgan fingerprint density at radius 2 is 1.85 bits per heavy atom. The molecule has 1 amide bonds. The summed E-state index contributed by atoms with van der Waals surface area (Å²) in [6.07, 6.45) is 0.284. The van der Waals surface area contributed by atoms with Gasteiger partial charge in [-0.25, -0.2) is 0 Å². The molecule has 2 N–H and O–H groups in total. The number of nitrogens with one attached hydrogen (secondary N) is 2. The zero-order chi connectivity index (χ0) is 19.3. The molecule has 6 heteroatoms. The fraction of sp³-hybridized carbons (Fsp3) is 0.450. The van der Waals surface area contributed by atoms with E-state index in [9.17, 15) is 9.59 Å². The second-order valence-electron chi connectivity index (χ2n) is 6.62. The van der Waals surface area contributed by atoms with Gasteiger partial charge < -0.3 is 10.1 Å². The first kappa shape index (κ1) is 19.7. The lowest BCUT2D eigenvalue weighted by Gasteiger charge is -2.16. The molecule has 0 saturated heterocycles. The Balaban J connectivity index is 1.88. The number of anilines is 1. The predicted molar refractivity (Wildman–Crippen MR) is 101 cm³/mol. The van der Waals surface area contributed by atoms with E-state index in [0.29, 0.717) is 5.69 Å². The first-order valence-corrected chi connectivity index (χ1v) is 8.92. The van der Waals surface area contributed by atoms with Crippen LogP contribution in [0.2, 0.25) is 0 Å². The number of rotatable bonds is 7. The van der Waals surface area contributed by atoms with Crippen LogP contribution in [0.25, 0.3) is 0 Å². The fourth-order valence-corrected chi connectivity index (χ4v) is 3.00. The third kappa shape index (κ3) is 4.94. The van der Waals surface area contributed by atoms with Gasteiger partial charge in [-0.2, -0.15) is 5.10 Å². The minimum atomic E-state index is -0.855. The Morgan fingerprint density at radius 1 is 1.19 bits per heavy atom. The Hall–Kier alpha value is -2.63. The Labute approximate surface area is 154 Å². The summed E-state index contributed by atoms with van der Waals surface area (Å²) in [7, 11) is 0. The van der Waals surface area contributed by atoms with Crippen molar-refractivity contribution >= 4 is 17.6 Å². The number of hydrogen-bond acceptors (Lipinski definition) is 4. The quantitative estimate of drug-likeness (QED) is 0.741. The summed E-state index contributed by atoms with van der Waals surface area (Å²) in [4.78, 5) is 24.4. The van der Waals surface area contributed by atoms with Gasteiger partial charge in [0.2, 0.25) is 0 Å². The molecule has 26 heavy (non-hydrogen) atoms. The van der Waals surface area contributed by atoms with Crippen LogP contribution in [0.15, 0.2) is 24.3 Å². The maximum atomic E-state index is 12.2. The normalized spacial score (nSPS) is 13.1. The van der Waals surface area contributed by atoms with Gasteiger partial charge in [-0.3, -0.25) is 14.7 Å². The van der Waals surface area contributed by atoms with Gasteiger partial charge in [0.15, 0.2) is 6.10 Å². The molecule has 0 aliphatic heterocycles. The largest absolute Gasteiger partial charge is 0.453 e. The number of ether oxygens (including phenoxy) is 1. The Bertz CT molecular complexity index is 746. The van der Waals surface area contributed by atoms with Crippen LogP contribution in [-0.2, 0) is 20.7 Å². The Morgan fingerprint density at radius 3 is 2.38 bits per heavy atom. The summed E-state index contributed by atoms with van der Waals surface area (Å²) in [5, 5.41) is 9.84. The maximum Gasteiger partial charge on any atom is 0.307 e. The summed E-state index contributed by atoms with van der Waals surface area (Å²) in [5.74, 6) is -0.773. The highest BCUT2D eigenvalue weighted by Gasteiger charge is 2.22. The standard InChI is InChI=1S/C20H27N3O3/c1-6-16-7-9-17(10-8-16)21-20(25)15(5)26-18(24)11-12(2)19-13(3)22-23-14(19)4/h7-10,12,15H,6,11H2,1-5H3,(H,21,25)(H,22,23)/t12-,15-/m0/s1. The van der Waals surface area contributed by atoms with Crippen molar-refractivity contribution in [3.05, 3.63) is 46.8 Å². The predicted octanol–water partition coefficient (Wildman–Crippen LogP) is 3.65. The minimum Gasteiger partial charge on any atom is -0.453 e. The van der Waals surface area contributed by atoms with Crippen LogP contribution in [0.3, 0.4) is 0 Å². The van der Waals surface area contributed by atoms with Crippen molar-refractivity contribution in [1.82, 2.24) is 10.2 Å². The summed E-state index contributed by atoms with van der Waals surface area (Å²) >= 11 is 0. The van der Waals surface area contributed by atoms with Crippen LogP contribution in [-0.4, -0.2) is 28.2 Å². The van der Waals surface area contributed by atoms with Gasteiger partial charge >= 0.3 is 5.97 Å². The van der Waals surface area contributed by atoms with Gasteiger partial charge in [0.1, 0.15) is 0 Å². The van der Waals surface area contributed by atoms with Crippen LogP contribution in [0.4, 0.5) is 5.69 Å². The number of amides is 1. The smallest absolute Gasteiger partial charge is 0.307 e. The second-order valence-corrected chi connectivity index (χ2v) is 6.62. The van der Waals surface area contributed by atoms with E-state index in [4.69, 9.17) is 4.74 Å². The first-order valence-electron chi connectivity index (χ1n) is 8.92. The number of aromatic amines is 1. The topological polar surface area (TPSA) is 84.1 Å². The zero-order valence-corrected chi connectivity index (χ0v) is 16.1. The average Bonchev–Trinajstić information content (AvgIpc) is 2.93. The lowest BCUT2D eigenvalue weighted by molar-refractivity contribution is -0.153. The maximum absolute atomic E-state index is 12.2. The number of aryl methyl sites for hydroxylation is 3. The molecule has 6 nitrogen and oxygen atoms in total. The van der Waals surface area contributed by atoms with Gasteiger partial charge in [0, 0.05) is 11.4 Å². The van der Waals surface area contributed by atoms with E-state index >= 15 is 0 Å². The molecule has 2 aromatic rings. The van der Waals surface area contributed by atoms with Gasteiger partial charge in [0.05, 0.1) is 12.1 Å². The first-order chi connectivity index (χ1) is 12.3. The van der Waals surface area contributed by atoms with E-state index in [-0.39, 0.29) is 18.2 Å². The molecular weight excluding hydrogens is 330 g/mol. The molecule has 2 atom stereocenters. The third-order valence-electron chi connectivity index (χ3n) is 4.46. The second kappa shape index (κ2) is 8.65. The van der Waals surface area contributed by atoms with Crippen LogP contribution in [0.1, 0.15) is 55.6 Å². The van der Waals surface area contributed by atoms with E-state index in [0.717, 1.165) is 23.4 Å². The fourth-order valence-electron chi connectivity index (χ4n) is 3.00. The summed E-state index contributed by atoms with van der Waals surface area (Å²) in [6, 6.07) is 7.61. The number of carbonyl (C=O) groups excluding carboxylic acids is 2. The molecule has 0 saturated carbocycles. The molecule has 1 aromatic heterocycles. The lowest BCUT2D eigenvalue weighted by atomic mass is 9.96. The number of hydrogen-bond donors (Lipinski definition) is 2. The van der Waals surface area contributed by atoms with Crippen molar-refractivity contribution in [2.24, 2.45) is 0 Å². The molecule has 1 aromatic carbocycles. The van der Waals surface area contributed by atoms with Gasteiger partial charge in [-0.1, -0.05) is 26.0 Å². The van der Waals surface area contributed by atoms with Crippen molar-refractivity contribution in [2.75, 3.05) is 5.32 Å². The molecule has 0 aliphatic carbocycles. The van der Waals surface area contributed by atoms with Crippen LogP contribution < -0.4 is 5.32 Å². The monoisotopic (exact) mass is 357 g/mol. The number of nitrogens with zero attached hydrogens (tertiary/aromatic N) is 1. The van der Waals surface area contributed by atoms with Crippen molar-refractivity contribution < 1.29 is 14.3 Å². The van der Waals surface area contributed by atoms with Crippen LogP contribution in [0.5, 0.6) is 0 Å². The van der Waals surface area contributed by atoms with E-state index in [1.807, 2.05) is 45.0 Å². The van der Waals surface area contributed by atoms with Gasteiger partial charge in [-0.15, -0.1) is 0 Å². The molecule has 2 rings (SSSR count). The van der Waals surface area contributed by atoms with E-state index in [1.54, 1.807) is 6.92 Å². The summed E-state index contributed by atoms with van der Waals surface area (Å²) in [5.41, 5.74) is 4.73. The highest BCUT2D eigenvalue weighted by atomic mass is 16.5. The molecule has 140 valence electrons. The minimum absolute atomic E-state index is 0.0295. The molecule has 0 unspecified atom stereocenters. The van der Waals surface area contributed by atoms with Crippen LogP contribution in [0, 0.1) is 13.8 Å². The third-order valence-corrected chi connectivity index (χ3v) is 4.46. The Kier molecular flexibility index (Phi) is 6.55. The van der Waals surface area contributed by atoms with E-state index < -0.39 is 12.1 Å². The summed E-state index contributed by atoms with van der Waals surface area (Å²) in [6.45, 7) is 9.43. The van der Waals surface area contributed by atoms with Gasteiger partial charge in [0.25, 0.3) is 5.91 Å². The van der Waals surface area contributed by atoms with E-state index in [1.165, 1.54) is 5.56 Å². The molecule has 0 aliphatic rings. The molecule has 0 radical (unpaired) electrons. The van der Waals surface area contributed by atoms with Crippen molar-refractivity contribution in [2.45, 2.75) is 59.5 Å². The van der Waals surface area contributed by atoms with Crippen molar-refractivity contribution in [3.8, 4) is 0 Å². The molecule has 0 fully saturated rings. The number of aromatic nitrogens is 2. The highest BCUT2D eigenvalue weighted by molar-refractivity contribution is 5.95. The van der Waals surface area contributed by atoms with E-state index in [2.05, 4.69) is 22.4 Å². The average molecular weight is 357 g/mol. The van der Waals surface area contributed by atoms with Crippen molar-refractivity contribution in [3.63, 3.8) is 0 Å². The number of esters is 1. The van der Waals surface area contributed by atoms with Crippen molar-refractivity contribution in [1.29, 1.82) is 0 Å². The lowest BCUT2D eigenvalue weighted by Crippen LogP contribution is -2.30. The zero-order valence-electron chi connectivity index (χ0n) is 16.1. The molecule has 0 spiro atoms. The molecule has 1 heterocycles. The highest BCUT2D eigenvalue weighted by Crippen LogP contribution is 2.24. The summed E-state index contributed by atoms with van der Waals surface area (Å²) < 4.78 is 5.30. The molecule has 0 bridgehead atoms.